The van der Waals surface area contributed by atoms with Crippen LogP contribution < -0.4 is 0 Å². The molecule has 5 nitrogen and oxygen atoms in total. The Morgan fingerprint density at radius 2 is 1.47 bits per heavy atom. The summed E-state index contributed by atoms with van der Waals surface area (Å²) >= 11 is 0. The third kappa shape index (κ3) is 5.96. The van der Waals surface area contributed by atoms with E-state index in [1.807, 2.05) is 4.90 Å². The second kappa shape index (κ2) is 9.67. The van der Waals surface area contributed by atoms with Gasteiger partial charge in [-0.25, -0.2) is 9.59 Å². The van der Waals surface area contributed by atoms with Crippen molar-refractivity contribution in [3.63, 3.8) is 0 Å². The van der Waals surface area contributed by atoms with Crippen LogP contribution in [-0.4, -0.2) is 43.1 Å². The van der Waals surface area contributed by atoms with Crippen LogP contribution in [0.5, 0.6) is 0 Å². The lowest BCUT2D eigenvalue weighted by molar-refractivity contribution is -0.146. The summed E-state index contributed by atoms with van der Waals surface area (Å²) in [5.74, 6) is -1.22. The molecule has 0 aromatic heterocycles. The zero-order valence-corrected chi connectivity index (χ0v) is 12.3. The Morgan fingerprint density at radius 1 is 1.00 bits per heavy atom. The molecule has 6 heteroatoms. The van der Waals surface area contributed by atoms with E-state index in [9.17, 15) is 9.59 Å². The molecule has 0 aromatic carbocycles. The van der Waals surface area contributed by atoms with Crippen molar-refractivity contribution >= 4 is 24.3 Å². The Bertz CT molecular complexity index is 305. The highest BCUT2D eigenvalue weighted by atomic mass is 35.5. The number of nitrogens with zero attached hydrogens (tertiary/aromatic N) is 1. The first kappa shape index (κ1) is 17.8. The van der Waals surface area contributed by atoms with Crippen molar-refractivity contribution in [1.29, 1.82) is 0 Å². The second-order valence-corrected chi connectivity index (χ2v) is 4.08. The quantitative estimate of drug-likeness (QED) is 0.335. The predicted molar refractivity (Wildman–Crippen MR) is 74.0 cm³/mol. The van der Waals surface area contributed by atoms with Crippen LogP contribution in [0.4, 0.5) is 0 Å². The van der Waals surface area contributed by atoms with Gasteiger partial charge in [0.2, 0.25) is 0 Å². The number of piperidine rings is 1. The van der Waals surface area contributed by atoms with Gasteiger partial charge < -0.3 is 14.4 Å². The lowest BCUT2D eigenvalue weighted by Gasteiger charge is -2.25. The highest BCUT2D eigenvalue weighted by Gasteiger charge is 2.22. The van der Waals surface area contributed by atoms with E-state index in [1.165, 1.54) is 6.42 Å². The van der Waals surface area contributed by atoms with Gasteiger partial charge in [0.15, 0.2) is 5.57 Å². The van der Waals surface area contributed by atoms with E-state index >= 15 is 0 Å². The van der Waals surface area contributed by atoms with E-state index in [-0.39, 0.29) is 31.2 Å². The SMILES string of the molecule is CCOC(=O)C(=CN1CCCCC1)C(=O)OCC.Cl. The van der Waals surface area contributed by atoms with Crippen LogP contribution in [0.2, 0.25) is 0 Å². The van der Waals surface area contributed by atoms with Crippen molar-refractivity contribution in [2.45, 2.75) is 33.1 Å². The first-order valence-electron chi connectivity index (χ1n) is 6.49. The van der Waals surface area contributed by atoms with E-state index < -0.39 is 11.9 Å². The van der Waals surface area contributed by atoms with Crippen LogP contribution in [0.1, 0.15) is 33.1 Å². The fraction of sp³-hybridized carbons (Fsp3) is 0.692. The van der Waals surface area contributed by atoms with Crippen LogP contribution in [0.3, 0.4) is 0 Å². The highest BCUT2D eigenvalue weighted by molar-refractivity contribution is 6.13. The summed E-state index contributed by atoms with van der Waals surface area (Å²) in [5, 5.41) is 0. The number of carbonyl (C=O) groups excluding carboxylic acids is 2. The van der Waals surface area contributed by atoms with Crippen molar-refractivity contribution < 1.29 is 19.1 Å². The van der Waals surface area contributed by atoms with Crippen LogP contribution in [0.25, 0.3) is 0 Å². The summed E-state index contributed by atoms with van der Waals surface area (Å²) in [5.41, 5.74) is -0.0133. The number of ether oxygens (including phenoxy) is 2. The number of likely N-dealkylation sites (tertiary alicyclic amines) is 1. The molecule has 0 unspecified atom stereocenters. The molecule has 0 amide bonds. The van der Waals surface area contributed by atoms with Gasteiger partial charge in [0.1, 0.15) is 0 Å². The number of carbonyl (C=O) groups is 2. The molecular weight excluding hydrogens is 270 g/mol. The summed E-state index contributed by atoms with van der Waals surface area (Å²) in [6.45, 7) is 5.64. The first-order valence-corrected chi connectivity index (χ1v) is 6.49. The third-order valence-electron chi connectivity index (χ3n) is 2.69. The minimum absolute atomic E-state index is 0. The highest BCUT2D eigenvalue weighted by Crippen LogP contribution is 2.12. The molecule has 110 valence electrons. The number of hydrogen-bond acceptors (Lipinski definition) is 5. The molecular formula is C13H22ClNO4. The normalized spacial score (nSPS) is 14.1. The molecule has 0 radical (unpaired) electrons. The first-order chi connectivity index (χ1) is 8.69. The molecule has 0 saturated carbocycles. The summed E-state index contributed by atoms with van der Waals surface area (Å²) < 4.78 is 9.76. The molecule has 0 aliphatic carbocycles. The van der Waals surface area contributed by atoms with Crippen molar-refractivity contribution in [2.24, 2.45) is 0 Å². The Kier molecular flexibility index (Phi) is 9.04. The maximum Gasteiger partial charge on any atom is 0.347 e. The maximum absolute atomic E-state index is 11.7. The Morgan fingerprint density at radius 3 is 1.89 bits per heavy atom. The molecule has 19 heavy (non-hydrogen) atoms. The molecule has 0 atom stereocenters. The van der Waals surface area contributed by atoms with Gasteiger partial charge in [-0.05, 0) is 33.1 Å². The van der Waals surface area contributed by atoms with Gasteiger partial charge in [-0.1, -0.05) is 0 Å². The molecule has 1 fully saturated rings. The zero-order valence-electron chi connectivity index (χ0n) is 11.5. The van der Waals surface area contributed by atoms with E-state index in [1.54, 1.807) is 20.0 Å². The van der Waals surface area contributed by atoms with Gasteiger partial charge in [0, 0.05) is 19.3 Å². The Labute approximate surface area is 120 Å². The van der Waals surface area contributed by atoms with E-state index in [4.69, 9.17) is 9.47 Å². The smallest absolute Gasteiger partial charge is 0.347 e. The van der Waals surface area contributed by atoms with E-state index in [0.717, 1.165) is 25.9 Å². The van der Waals surface area contributed by atoms with Gasteiger partial charge >= 0.3 is 11.9 Å². The van der Waals surface area contributed by atoms with E-state index in [2.05, 4.69) is 0 Å². The second-order valence-electron chi connectivity index (χ2n) is 4.08. The fourth-order valence-corrected chi connectivity index (χ4v) is 1.84. The molecule has 0 spiro atoms. The molecule has 1 rings (SSSR count). The number of rotatable bonds is 5. The van der Waals surface area contributed by atoms with Crippen LogP contribution in [-0.2, 0) is 19.1 Å². The summed E-state index contributed by atoms with van der Waals surface area (Å²) in [6, 6.07) is 0. The summed E-state index contributed by atoms with van der Waals surface area (Å²) in [4.78, 5) is 25.4. The van der Waals surface area contributed by atoms with Crippen molar-refractivity contribution in [2.75, 3.05) is 26.3 Å². The largest absolute Gasteiger partial charge is 0.462 e. The average Bonchev–Trinajstić information content (AvgIpc) is 2.37. The monoisotopic (exact) mass is 291 g/mol. The third-order valence-corrected chi connectivity index (χ3v) is 2.69. The number of hydrogen-bond donors (Lipinski definition) is 0. The number of esters is 2. The van der Waals surface area contributed by atoms with E-state index in [0.29, 0.717) is 0 Å². The molecule has 1 aliphatic rings. The van der Waals surface area contributed by atoms with Crippen LogP contribution in [0, 0.1) is 0 Å². The molecule has 0 N–H and O–H groups in total. The lowest BCUT2D eigenvalue weighted by atomic mass is 10.1. The lowest BCUT2D eigenvalue weighted by Crippen LogP contribution is -2.28. The molecule has 1 heterocycles. The summed E-state index contributed by atoms with van der Waals surface area (Å²) in [6.07, 6.45) is 4.93. The number of halogens is 1. The Balaban J connectivity index is 0.00000324. The molecule has 1 aliphatic heterocycles. The van der Waals surface area contributed by atoms with Gasteiger partial charge in [-0.15, -0.1) is 12.4 Å². The van der Waals surface area contributed by atoms with Gasteiger partial charge in [0.05, 0.1) is 13.2 Å². The predicted octanol–water partition coefficient (Wildman–Crippen LogP) is 1.90. The standard InChI is InChI=1S/C13H21NO4.ClH/c1-3-17-12(15)11(13(16)18-4-2)10-14-8-6-5-7-9-14;/h10H,3-9H2,1-2H3;1H. The Hall–Kier alpha value is -1.23. The molecule has 1 saturated heterocycles. The van der Waals surface area contributed by atoms with Crippen molar-refractivity contribution in [3.05, 3.63) is 11.8 Å². The van der Waals surface area contributed by atoms with Gasteiger partial charge in [0.25, 0.3) is 0 Å². The average molecular weight is 292 g/mol. The molecule has 0 bridgehead atoms. The van der Waals surface area contributed by atoms with Crippen molar-refractivity contribution in [3.8, 4) is 0 Å². The zero-order chi connectivity index (χ0) is 13.4. The summed E-state index contributed by atoms with van der Waals surface area (Å²) in [7, 11) is 0. The minimum Gasteiger partial charge on any atom is -0.462 e. The topological polar surface area (TPSA) is 55.8 Å². The van der Waals surface area contributed by atoms with Gasteiger partial charge in [-0.3, -0.25) is 0 Å². The van der Waals surface area contributed by atoms with Crippen LogP contribution in [0.15, 0.2) is 11.8 Å². The van der Waals surface area contributed by atoms with Crippen molar-refractivity contribution in [1.82, 2.24) is 4.90 Å². The van der Waals surface area contributed by atoms with Crippen LogP contribution >= 0.6 is 12.4 Å². The fourth-order valence-electron chi connectivity index (χ4n) is 1.84. The van der Waals surface area contributed by atoms with Gasteiger partial charge in [-0.2, -0.15) is 0 Å². The minimum atomic E-state index is -0.610. The molecule has 0 aromatic rings. The maximum atomic E-state index is 11.7.